The van der Waals surface area contributed by atoms with Crippen LogP contribution in [0.5, 0.6) is 5.75 Å². The Hall–Kier alpha value is -3.67. The second-order valence-corrected chi connectivity index (χ2v) is 10.3. The minimum Gasteiger partial charge on any atom is -0.497 e. The number of aliphatic imine (C=N–C) groups is 1. The summed E-state index contributed by atoms with van der Waals surface area (Å²) in [6.07, 6.45) is 9.40. The van der Waals surface area contributed by atoms with Crippen LogP contribution in [-0.2, 0) is 4.79 Å². The van der Waals surface area contributed by atoms with Gasteiger partial charge in [-0.3, -0.25) is 9.79 Å². The van der Waals surface area contributed by atoms with Gasteiger partial charge in [-0.05, 0) is 61.6 Å². The molecule has 2 aromatic carbocycles. The Morgan fingerprint density at radius 1 is 0.946 bits per heavy atom. The molecule has 0 bridgehead atoms. The number of hydrogen-bond donors (Lipinski definition) is 0. The van der Waals surface area contributed by atoms with Crippen molar-refractivity contribution in [2.45, 2.75) is 64.0 Å². The van der Waals surface area contributed by atoms with E-state index in [2.05, 4.69) is 41.2 Å². The molecule has 190 valence electrons. The summed E-state index contributed by atoms with van der Waals surface area (Å²) in [5.74, 6) is 1.36. The smallest absolute Gasteiger partial charge is 0.257 e. The number of ether oxygens (including phenoxy) is 1. The monoisotopic (exact) mass is 495 g/mol. The molecule has 0 radical (unpaired) electrons. The van der Waals surface area contributed by atoms with Crippen molar-refractivity contribution in [1.82, 2.24) is 5.16 Å². The Balaban J connectivity index is 1.44. The first-order chi connectivity index (χ1) is 18.2. The van der Waals surface area contributed by atoms with Gasteiger partial charge >= 0.3 is 0 Å². The summed E-state index contributed by atoms with van der Waals surface area (Å²) in [5, 5.41) is 4.06. The van der Waals surface area contributed by atoms with Crippen LogP contribution in [0.4, 0.5) is 5.69 Å². The van der Waals surface area contributed by atoms with Crippen LogP contribution in [0.15, 0.2) is 81.5 Å². The van der Waals surface area contributed by atoms with Crippen molar-refractivity contribution in [2.24, 2.45) is 10.9 Å². The molecule has 3 heterocycles. The fraction of sp³-hybridized carbons (Fsp3) is 0.387. The van der Waals surface area contributed by atoms with Crippen molar-refractivity contribution in [3.05, 3.63) is 77.6 Å². The number of methoxy groups -OCH3 is 1. The van der Waals surface area contributed by atoms with Gasteiger partial charge in [0, 0.05) is 34.0 Å². The molecule has 1 aliphatic carbocycles. The predicted molar refractivity (Wildman–Crippen MR) is 145 cm³/mol. The van der Waals surface area contributed by atoms with Crippen molar-refractivity contribution in [3.63, 3.8) is 0 Å². The van der Waals surface area contributed by atoms with Crippen molar-refractivity contribution in [1.29, 1.82) is 0 Å². The van der Waals surface area contributed by atoms with E-state index in [1.54, 1.807) is 13.4 Å². The van der Waals surface area contributed by atoms with Gasteiger partial charge in [0.2, 0.25) is 0 Å². The topological polar surface area (TPSA) is 67.9 Å². The summed E-state index contributed by atoms with van der Waals surface area (Å²) in [7, 11) is 1.68. The van der Waals surface area contributed by atoms with Crippen LogP contribution in [-0.4, -0.2) is 36.0 Å². The molecule has 1 amide bonds. The Morgan fingerprint density at radius 2 is 1.68 bits per heavy atom. The van der Waals surface area contributed by atoms with Crippen molar-refractivity contribution in [3.8, 4) is 17.0 Å². The lowest BCUT2D eigenvalue weighted by atomic mass is 9.79. The summed E-state index contributed by atoms with van der Waals surface area (Å²) >= 11 is 0. The van der Waals surface area contributed by atoms with E-state index in [0.717, 1.165) is 70.8 Å². The van der Waals surface area contributed by atoms with Crippen LogP contribution < -0.4 is 9.64 Å². The number of hydrogen-bond acceptors (Lipinski definition) is 5. The summed E-state index contributed by atoms with van der Waals surface area (Å²) in [5.41, 5.74) is 6.81. The summed E-state index contributed by atoms with van der Waals surface area (Å²) in [6.45, 7) is 2.17. The molecule has 3 aliphatic rings. The van der Waals surface area contributed by atoms with Gasteiger partial charge in [0.25, 0.3) is 5.91 Å². The highest BCUT2D eigenvalue weighted by Gasteiger charge is 2.50. The minimum atomic E-state index is -0.0879. The number of nitrogens with zero attached hydrogens (tertiary/aromatic N) is 3. The molecule has 6 rings (SSSR count). The molecule has 2 atom stereocenters. The molecule has 2 unspecified atom stereocenters. The lowest BCUT2D eigenvalue weighted by Crippen LogP contribution is -2.43. The zero-order valence-corrected chi connectivity index (χ0v) is 21.5. The number of benzene rings is 2. The first kappa shape index (κ1) is 23.7. The van der Waals surface area contributed by atoms with Gasteiger partial charge in [-0.25, -0.2) is 0 Å². The second-order valence-electron chi connectivity index (χ2n) is 10.3. The maximum absolute atomic E-state index is 14.3. The van der Waals surface area contributed by atoms with Crippen molar-refractivity contribution >= 4 is 17.3 Å². The maximum Gasteiger partial charge on any atom is 0.257 e. The third-order valence-electron chi connectivity index (χ3n) is 8.09. The van der Waals surface area contributed by atoms with E-state index in [0.29, 0.717) is 5.92 Å². The van der Waals surface area contributed by atoms with Crippen LogP contribution in [0.2, 0.25) is 0 Å². The SMILES string of the molecule is CCCC1N=C(c2ccc(OC)cc2)C2=C1C(=O)N(c1ccc(-c3ccon3)cc1)C2C1CCCCC1. The van der Waals surface area contributed by atoms with E-state index in [1.807, 2.05) is 30.3 Å². The standard InChI is InChI=1S/C31H33N3O3/c1-3-7-26-27-28(29(32-26)21-12-16-24(36-2)17-13-21)30(22-8-5-4-6-9-22)34(31(27)35)23-14-10-20(11-15-23)25-18-19-37-33-25/h10-19,22,26,30H,3-9H2,1-2H3. The van der Waals surface area contributed by atoms with E-state index in [1.165, 1.54) is 19.3 Å². The number of carbonyl (C=O) groups is 1. The third kappa shape index (κ3) is 4.18. The average molecular weight is 496 g/mol. The summed E-state index contributed by atoms with van der Waals surface area (Å²) in [6, 6.07) is 18.1. The normalized spacial score (nSPS) is 21.9. The van der Waals surface area contributed by atoms with Gasteiger partial charge in [-0.15, -0.1) is 0 Å². The third-order valence-corrected chi connectivity index (χ3v) is 8.09. The van der Waals surface area contributed by atoms with E-state index in [9.17, 15) is 4.79 Å². The average Bonchev–Trinajstić information content (AvgIpc) is 3.67. The number of amides is 1. The zero-order chi connectivity index (χ0) is 25.4. The number of aromatic nitrogens is 1. The molecule has 37 heavy (non-hydrogen) atoms. The first-order valence-corrected chi connectivity index (χ1v) is 13.5. The maximum atomic E-state index is 14.3. The number of anilines is 1. The highest BCUT2D eigenvalue weighted by atomic mass is 16.5. The highest BCUT2D eigenvalue weighted by Crippen LogP contribution is 2.46. The highest BCUT2D eigenvalue weighted by molar-refractivity contribution is 6.26. The van der Waals surface area contributed by atoms with Crippen LogP contribution in [0.25, 0.3) is 11.3 Å². The lowest BCUT2D eigenvalue weighted by Gasteiger charge is -2.36. The van der Waals surface area contributed by atoms with E-state index >= 15 is 0 Å². The van der Waals surface area contributed by atoms with Gasteiger partial charge in [0.05, 0.1) is 24.9 Å². The van der Waals surface area contributed by atoms with Crippen molar-refractivity contribution in [2.75, 3.05) is 12.0 Å². The number of rotatable bonds is 7. The van der Waals surface area contributed by atoms with Crippen LogP contribution >= 0.6 is 0 Å². The molecule has 2 aliphatic heterocycles. The molecule has 0 saturated heterocycles. The lowest BCUT2D eigenvalue weighted by molar-refractivity contribution is -0.115. The largest absolute Gasteiger partial charge is 0.497 e. The quantitative estimate of drug-likeness (QED) is 0.370. The molecule has 6 nitrogen and oxygen atoms in total. The van der Waals surface area contributed by atoms with E-state index in [4.69, 9.17) is 14.3 Å². The van der Waals surface area contributed by atoms with E-state index < -0.39 is 0 Å². The van der Waals surface area contributed by atoms with Crippen LogP contribution in [0, 0.1) is 5.92 Å². The van der Waals surface area contributed by atoms with Crippen LogP contribution in [0.1, 0.15) is 57.4 Å². The van der Waals surface area contributed by atoms with Gasteiger partial charge in [-0.2, -0.15) is 0 Å². The van der Waals surface area contributed by atoms with Gasteiger partial charge in [0.1, 0.15) is 17.7 Å². The molecule has 6 heteroatoms. The molecule has 1 fully saturated rings. The molecule has 3 aromatic rings. The molecule has 1 saturated carbocycles. The zero-order valence-electron chi connectivity index (χ0n) is 21.5. The Labute approximate surface area is 218 Å². The van der Waals surface area contributed by atoms with Crippen LogP contribution in [0.3, 0.4) is 0 Å². The first-order valence-electron chi connectivity index (χ1n) is 13.5. The molecule has 0 spiro atoms. The predicted octanol–water partition coefficient (Wildman–Crippen LogP) is 6.61. The minimum absolute atomic E-state index is 0.00316. The fourth-order valence-electron chi connectivity index (χ4n) is 6.33. The van der Waals surface area contributed by atoms with Gasteiger partial charge in [-0.1, -0.05) is 49.9 Å². The Bertz CT molecular complexity index is 1320. The summed E-state index contributed by atoms with van der Waals surface area (Å²) in [4.78, 5) is 21.5. The Morgan fingerprint density at radius 3 is 2.32 bits per heavy atom. The molecule has 0 N–H and O–H groups in total. The van der Waals surface area contributed by atoms with Gasteiger partial charge < -0.3 is 14.2 Å². The molecule has 1 aromatic heterocycles. The summed E-state index contributed by atoms with van der Waals surface area (Å²) < 4.78 is 10.4. The Kier molecular flexibility index (Phi) is 6.41. The van der Waals surface area contributed by atoms with E-state index in [-0.39, 0.29) is 18.0 Å². The molecular weight excluding hydrogens is 462 g/mol. The fourth-order valence-corrected chi connectivity index (χ4v) is 6.33. The van der Waals surface area contributed by atoms with Crippen molar-refractivity contribution < 1.29 is 14.1 Å². The molecular formula is C31H33N3O3. The van der Waals surface area contributed by atoms with Gasteiger partial charge in [0.15, 0.2) is 0 Å². The number of carbonyl (C=O) groups excluding carboxylic acids is 1. The second kappa shape index (κ2) is 10.0.